The number of carbonyl (C=O) groups excluding carboxylic acids is 1. The third kappa shape index (κ3) is 5.27. The molecule has 0 heterocycles. The van der Waals surface area contributed by atoms with Crippen LogP contribution in [0.2, 0.25) is 10.0 Å². The Labute approximate surface area is 176 Å². The highest BCUT2D eigenvalue weighted by atomic mass is 35.5. The number of phenolic OH excluding ortho intramolecular Hbond substituents is 1. The van der Waals surface area contributed by atoms with Crippen LogP contribution in [0.4, 0.5) is 0 Å². The summed E-state index contributed by atoms with van der Waals surface area (Å²) in [7, 11) is 0. The number of amides is 1. The van der Waals surface area contributed by atoms with Crippen LogP contribution >= 0.6 is 23.2 Å². The lowest BCUT2D eigenvalue weighted by molar-refractivity contribution is 0.0955. The van der Waals surface area contributed by atoms with Gasteiger partial charge in [0.1, 0.15) is 5.75 Å². The molecule has 1 amide bonds. The Hall–Kier alpha value is -2.04. The van der Waals surface area contributed by atoms with Gasteiger partial charge < -0.3 is 5.11 Å². The third-order valence-electron chi connectivity index (χ3n) is 4.30. The van der Waals surface area contributed by atoms with Crippen LogP contribution < -0.4 is 5.43 Å². The van der Waals surface area contributed by atoms with Crippen LogP contribution in [0.25, 0.3) is 0 Å². The summed E-state index contributed by atoms with van der Waals surface area (Å²) in [6.07, 6.45) is 1.56. The molecular weight excluding hydrogens is 395 g/mol. The minimum atomic E-state index is -0.427. The van der Waals surface area contributed by atoms with Gasteiger partial charge in [-0.1, -0.05) is 64.7 Å². The molecule has 0 aliphatic heterocycles. The first-order valence-electron chi connectivity index (χ1n) is 8.97. The monoisotopic (exact) mass is 420 g/mol. The van der Waals surface area contributed by atoms with Gasteiger partial charge >= 0.3 is 0 Å². The molecule has 150 valence electrons. The van der Waals surface area contributed by atoms with Crippen molar-refractivity contribution in [3.8, 4) is 5.75 Å². The maximum absolute atomic E-state index is 12.3. The zero-order chi connectivity index (χ0) is 21.3. The van der Waals surface area contributed by atoms with Gasteiger partial charge in [-0.25, -0.2) is 5.43 Å². The van der Waals surface area contributed by atoms with Gasteiger partial charge in [-0.2, -0.15) is 5.10 Å². The molecule has 0 atom stereocenters. The number of hydrogen-bond donors (Lipinski definition) is 2. The number of carbonyl (C=O) groups is 1. The number of hydrazone groups is 1. The summed E-state index contributed by atoms with van der Waals surface area (Å²) in [6.45, 7) is 12.2. The second-order valence-corrected chi connectivity index (χ2v) is 9.63. The number of nitrogens with one attached hydrogen (secondary N) is 1. The highest BCUT2D eigenvalue weighted by Gasteiger charge is 2.26. The summed E-state index contributed by atoms with van der Waals surface area (Å²) in [5, 5.41) is 15.5. The average Bonchev–Trinajstić information content (AvgIpc) is 2.53. The Morgan fingerprint density at radius 2 is 1.54 bits per heavy atom. The number of aromatic hydroxyl groups is 1. The fourth-order valence-electron chi connectivity index (χ4n) is 2.77. The van der Waals surface area contributed by atoms with Gasteiger partial charge in [0.25, 0.3) is 5.91 Å². The summed E-state index contributed by atoms with van der Waals surface area (Å²) in [6, 6.07) is 8.42. The molecule has 0 spiro atoms. The van der Waals surface area contributed by atoms with Crippen molar-refractivity contribution in [2.24, 2.45) is 5.10 Å². The summed E-state index contributed by atoms with van der Waals surface area (Å²) in [4.78, 5) is 12.3. The van der Waals surface area contributed by atoms with E-state index in [9.17, 15) is 9.90 Å². The number of phenols is 1. The third-order valence-corrected chi connectivity index (χ3v) is 4.85. The Balaban J connectivity index is 2.33. The molecule has 0 aliphatic rings. The zero-order valence-electron chi connectivity index (χ0n) is 17.0. The molecule has 2 rings (SSSR count). The maximum atomic E-state index is 12.3. The van der Waals surface area contributed by atoms with Crippen molar-refractivity contribution in [3.63, 3.8) is 0 Å². The smallest absolute Gasteiger partial charge is 0.272 e. The topological polar surface area (TPSA) is 61.7 Å². The molecule has 2 N–H and O–H groups in total. The standard InChI is InChI=1S/C22H26Cl2N2O2/c1-21(2,3)16-9-13(10-17(19(16)27)22(4,5)6)12-25-26-20(28)15-8-7-14(23)11-18(15)24/h7-12,27H,1-6H3,(H,26,28)/b25-12+. The second-order valence-electron chi connectivity index (χ2n) is 8.79. The van der Waals surface area contributed by atoms with Crippen molar-refractivity contribution in [2.75, 3.05) is 0 Å². The minimum Gasteiger partial charge on any atom is -0.507 e. The Morgan fingerprint density at radius 3 is 2.00 bits per heavy atom. The van der Waals surface area contributed by atoms with E-state index in [1.165, 1.54) is 6.07 Å². The fourth-order valence-corrected chi connectivity index (χ4v) is 3.27. The second kappa shape index (κ2) is 8.14. The summed E-state index contributed by atoms with van der Waals surface area (Å²) >= 11 is 11.9. The lowest BCUT2D eigenvalue weighted by Gasteiger charge is -2.27. The van der Waals surface area contributed by atoms with Crippen LogP contribution in [0, 0.1) is 0 Å². The first-order chi connectivity index (χ1) is 12.8. The average molecular weight is 421 g/mol. The van der Waals surface area contributed by atoms with Crippen LogP contribution in [0.1, 0.15) is 68.6 Å². The molecule has 2 aromatic rings. The van der Waals surface area contributed by atoms with E-state index in [1.807, 2.05) is 53.7 Å². The predicted octanol–water partition coefficient (Wildman–Crippen LogP) is 6.06. The molecule has 6 heteroatoms. The molecule has 0 saturated heterocycles. The lowest BCUT2D eigenvalue weighted by Crippen LogP contribution is -2.19. The van der Waals surface area contributed by atoms with E-state index in [-0.39, 0.29) is 15.9 Å². The molecule has 4 nitrogen and oxygen atoms in total. The number of benzene rings is 2. The van der Waals surface area contributed by atoms with Gasteiger partial charge in [0, 0.05) is 16.1 Å². The first kappa shape index (κ1) is 22.3. The van der Waals surface area contributed by atoms with Gasteiger partial charge in [-0.15, -0.1) is 0 Å². The van der Waals surface area contributed by atoms with Crippen LogP contribution in [0.5, 0.6) is 5.75 Å². The highest BCUT2D eigenvalue weighted by molar-refractivity contribution is 6.36. The molecular formula is C22H26Cl2N2O2. The van der Waals surface area contributed by atoms with E-state index in [0.717, 1.165) is 16.7 Å². The Morgan fingerprint density at radius 1 is 1.00 bits per heavy atom. The highest BCUT2D eigenvalue weighted by Crippen LogP contribution is 2.39. The quantitative estimate of drug-likeness (QED) is 0.468. The van der Waals surface area contributed by atoms with Crippen LogP contribution in [-0.4, -0.2) is 17.2 Å². The largest absolute Gasteiger partial charge is 0.507 e. The van der Waals surface area contributed by atoms with Crippen molar-refractivity contribution in [3.05, 3.63) is 62.6 Å². The molecule has 2 aromatic carbocycles. The van der Waals surface area contributed by atoms with Gasteiger partial charge in [-0.05, 0) is 46.7 Å². The van der Waals surface area contributed by atoms with Crippen molar-refractivity contribution in [2.45, 2.75) is 52.4 Å². The van der Waals surface area contributed by atoms with Crippen molar-refractivity contribution >= 4 is 35.3 Å². The van der Waals surface area contributed by atoms with Gasteiger partial charge in [0.2, 0.25) is 0 Å². The van der Waals surface area contributed by atoms with E-state index in [4.69, 9.17) is 23.2 Å². The molecule has 0 aliphatic carbocycles. The fraction of sp³-hybridized carbons (Fsp3) is 0.364. The normalized spacial score (nSPS) is 12.4. The van der Waals surface area contributed by atoms with Crippen LogP contribution in [0.15, 0.2) is 35.4 Å². The molecule has 0 aromatic heterocycles. The minimum absolute atomic E-state index is 0.242. The summed E-state index contributed by atoms with van der Waals surface area (Å²) < 4.78 is 0. The van der Waals surface area contributed by atoms with Crippen molar-refractivity contribution in [1.29, 1.82) is 0 Å². The molecule has 28 heavy (non-hydrogen) atoms. The van der Waals surface area contributed by atoms with Gasteiger partial charge in [0.15, 0.2) is 0 Å². The van der Waals surface area contributed by atoms with E-state index < -0.39 is 5.91 Å². The van der Waals surface area contributed by atoms with Crippen LogP contribution in [0.3, 0.4) is 0 Å². The van der Waals surface area contributed by atoms with E-state index >= 15 is 0 Å². The molecule has 0 saturated carbocycles. The van der Waals surface area contributed by atoms with Crippen molar-refractivity contribution < 1.29 is 9.90 Å². The molecule has 0 unspecified atom stereocenters. The van der Waals surface area contributed by atoms with E-state index in [0.29, 0.717) is 16.3 Å². The van der Waals surface area contributed by atoms with Gasteiger partial charge in [0.05, 0.1) is 16.8 Å². The predicted molar refractivity (Wildman–Crippen MR) is 117 cm³/mol. The number of rotatable bonds is 3. The zero-order valence-corrected chi connectivity index (χ0v) is 18.5. The van der Waals surface area contributed by atoms with Crippen LogP contribution in [-0.2, 0) is 10.8 Å². The van der Waals surface area contributed by atoms with Crippen molar-refractivity contribution in [1.82, 2.24) is 5.43 Å². The number of hydrogen-bond acceptors (Lipinski definition) is 3. The summed E-state index contributed by atoms with van der Waals surface area (Å²) in [5.41, 5.74) is 4.73. The van der Waals surface area contributed by atoms with E-state index in [2.05, 4.69) is 10.5 Å². The molecule has 0 fully saturated rings. The van der Waals surface area contributed by atoms with E-state index in [1.54, 1.807) is 18.3 Å². The number of nitrogens with zero attached hydrogens (tertiary/aromatic N) is 1. The Bertz CT molecular complexity index is 888. The van der Waals surface area contributed by atoms with Gasteiger partial charge in [-0.3, -0.25) is 4.79 Å². The molecule has 0 radical (unpaired) electrons. The SMILES string of the molecule is CC(C)(C)c1cc(/C=N/NC(=O)c2ccc(Cl)cc2Cl)cc(C(C)(C)C)c1O. The maximum Gasteiger partial charge on any atom is 0.272 e. The lowest BCUT2D eigenvalue weighted by atomic mass is 9.78. The summed E-state index contributed by atoms with van der Waals surface area (Å²) in [5.74, 6) is -0.127. The number of halogens is 2. The molecule has 0 bridgehead atoms. The Kier molecular flexibility index (Phi) is 6.47. The first-order valence-corrected chi connectivity index (χ1v) is 9.72.